The molecule has 0 N–H and O–H groups in total. The van der Waals surface area contributed by atoms with Crippen LogP contribution in [0.1, 0.15) is 21.5 Å². The predicted molar refractivity (Wildman–Crippen MR) is 112 cm³/mol. The Balaban J connectivity index is 2.03. The van der Waals surface area contributed by atoms with E-state index in [4.69, 9.17) is 0 Å². The molecule has 4 rings (SSSR count). The average Bonchev–Trinajstić information content (AvgIpc) is 2.89. The molecular weight excluding hydrogens is 385 g/mol. The second-order valence-corrected chi connectivity index (χ2v) is 8.08. The standard InChI is InChI=1S/C24H18FNO2S/c1-2-22(27)26-16-24(17-9-4-3-5-10-17,18-11-8-12-19(25)15-18)29-21-14-7-6-13-20(21)23(26)28/h2-15H,1,16H2. The zero-order chi connectivity index (χ0) is 20.4. The minimum Gasteiger partial charge on any atom is -0.273 e. The van der Waals surface area contributed by atoms with Gasteiger partial charge in [0.25, 0.3) is 11.8 Å². The van der Waals surface area contributed by atoms with Crippen LogP contribution in [0.5, 0.6) is 0 Å². The highest BCUT2D eigenvalue weighted by molar-refractivity contribution is 8.00. The number of benzene rings is 3. The Kier molecular flexibility index (Phi) is 5.07. The van der Waals surface area contributed by atoms with Crippen molar-refractivity contribution in [2.24, 2.45) is 0 Å². The molecule has 0 radical (unpaired) electrons. The van der Waals surface area contributed by atoms with Crippen molar-refractivity contribution in [2.45, 2.75) is 9.64 Å². The number of amides is 2. The highest BCUT2D eigenvalue weighted by Crippen LogP contribution is 2.50. The van der Waals surface area contributed by atoms with E-state index in [-0.39, 0.29) is 18.3 Å². The Morgan fingerprint density at radius 2 is 1.69 bits per heavy atom. The van der Waals surface area contributed by atoms with Crippen molar-refractivity contribution in [2.75, 3.05) is 6.54 Å². The molecular formula is C24H18FNO2S. The monoisotopic (exact) mass is 403 g/mol. The minimum absolute atomic E-state index is 0.0590. The van der Waals surface area contributed by atoms with Gasteiger partial charge in [0.05, 0.1) is 16.9 Å². The van der Waals surface area contributed by atoms with Crippen LogP contribution in [0.2, 0.25) is 0 Å². The van der Waals surface area contributed by atoms with Crippen LogP contribution in [0.4, 0.5) is 4.39 Å². The molecule has 3 aromatic carbocycles. The topological polar surface area (TPSA) is 37.4 Å². The van der Waals surface area contributed by atoms with Gasteiger partial charge in [0.15, 0.2) is 0 Å². The van der Waals surface area contributed by atoms with E-state index in [0.29, 0.717) is 11.1 Å². The molecule has 0 aromatic heterocycles. The van der Waals surface area contributed by atoms with Gasteiger partial charge in [-0.3, -0.25) is 14.5 Å². The summed E-state index contributed by atoms with van der Waals surface area (Å²) in [6.07, 6.45) is 1.14. The van der Waals surface area contributed by atoms with Crippen LogP contribution in [0.3, 0.4) is 0 Å². The zero-order valence-electron chi connectivity index (χ0n) is 15.5. The van der Waals surface area contributed by atoms with E-state index in [2.05, 4.69) is 6.58 Å². The maximum atomic E-state index is 14.2. The van der Waals surface area contributed by atoms with Crippen molar-refractivity contribution in [3.63, 3.8) is 0 Å². The number of carbonyl (C=O) groups is 2. The fourth-order valence-electron chi connectivity index (χ4n) is 3.59. The number of imide groups is 1. The largest absolute Gasteiger partial charge is 0.273 e. The van der Waals surface area contributed by atoms with E-state index in [1.807, 2.05) is 48.5 Å². The summed E-state index contributed by atoms with van der Waals surface area (Å²) in [7, 11) is 0. The average molecular weight is 403 g/mol. The van der Waals surface area contributed by atoms with Crippen LogP contribution >= 0.6 is 11.8 Å². The van der Waals surface area contributed by atoms with Crippen LogP contribution in [0, 0.1) is 5.82 Å². The number of nitrogens with zero attached hydrogens (tertiary/aromatic N) is 1. The van der Waals surface area contributed by atoms with Crippen molar-refractivity contribution in [3.8, 4) is 0 Å². The van der Waals surface area contributed by atoms with Gasteiger partial charge in [-0.25, -0.2) is 4.39 Å². The Hall–Kier alpha value is -3.18. The van der Waals surface area contributed by atoms with Gasteiger partial charge in [0.1, 0.15) is 5.82 Å². The number of fused-ring (bicyclic) bond motifs is 1. The van der Waals surface area contributed by atoms with Crippen LogP contribution in [0.25, 0.3) is 0 Å². The van der Waals surface area contributed by atoms with Gasteiger partial charge in [0.2, 0.25) is 0 Å². The van der Waals surface area contributed by atoms with E-state index >= 15 is 0 Å². The molecule has 3 nitrogen and oxygen atoms in total. The summed E-state index contributed by atoms with van der Waals surface area (Å²) in [4.78, 5) is 27.8. The Morgan fingerprint density at radius 3 is 2.41 bits per heavy atom. The Bertz CT molecular complexity index is 1100. The summed E-state index contributed by atoms with van der Waals surface area (Å²) in [5.41, 5.74) is 2.00. The molecule has 0 spiro atoms. The van der Waals surface area contributed by atoms with Gasteiger partial charge >= 0.3 is 0 Å². The van der Waals surface area contributed by atoms with Gasteiger partial charge in [-0.2, -0.15) is 0 Å². The van der Waals surface area contributed by atoms with Gasteiger partial charge in [-0.05, 0) is 41.5 Å². The van der Waals surface area contributed by atoms with Gasteiger partial charge in [-0.15, -0.1) is 11.8 Å². The number of halogens is 1. The van der Waals surface area contributed by atoms with E-state index in [1.54, 1.807) is 18.2 Å². The lowest BCUT2D eigenvalue weighted by molar-refractivity contribution is -0.123. The smallest absolute Gasteiger partial charge is 0.261 e. The molecule has 0 fully saturated rings. The molecule has 0 saturated heterocycles. The zero-order valence-corrected chi connectivity index (χ0v) is 16.4. The molecule has 3 aromatic rings. The van der Waals surface area contributed by atoms with Crippen molar-refractivity contribution in [3.05, 3.63) is 114 Å². The first-order valence-corrected chi connectivity index (χ1v) is 9.95. The summed E-state index contributed by atoms with van der Waals surface area (Å²) in [6, 6.07) is 23.1. The van der Waals surface area contributed by atoms with Crippen LogP contribution in [-0.4, -0.2) is 23.3 Å². The highest BCUT2D eigenvalue weighted by Gasteiger charge is 2.44. The maximum Gasteiger partial charge on any atom is 0.261 e. The van der Waals surface area contributed by atoms with Crippen molar-refractivity contribution in [1.29, 1.82) is 0 Å². The second-order valence-electron chi connectivity index (χ2n) is 6.74. The molecule has 1 aliphatic rings. The van der Waals surface area contributed by atoms with Gasteiger partial charge < -0.3 is 0 Å². The molecule has 1 heterocycles. The summed E-state index contributed by atoms with van der Waals surface area (Å²) < 4.78 is 13.4. The van der Waals surface area contributed by atoms with Crippen molar-refractivity contribution < 1.29 is 14.0 Å². The minimum atomic E-state index is -0.871. The van der Waals surface area contributed by atoms with Crippen molar-refractivity contribution in [1.82, 2.24) is 4.90 Å². The Labute approximate surface area is 172 Å². The molecule has 5 heteroatoms. The van der Waals surface area contributed by atoms with Crippen LogP contribution in [-0.2, 0) is 9.54 Å². The molecule has 0 aliphatic carbocycles. The van der Waals surface area contributed by atoms with E-state index in [0.717, 1.165) is 16.5 Å². The lowest BCUT2D eigenvalue weighted by Crippen LogP contribution is -2.44. The third-order valence-electron chi connectivity index (χ3n) is 5.00. The molecule has 144 valence electrons. The normalized spacial score (nSPS) is 18.7. The first-order chi connectivity index (χ1) is 14.0. The van der Waals surface area contributed by atoms with E-state index < -0.39 is 10.7 Å². The number of hydrogen-bond donors (Lipinski definition) is 0. The number of thioether (sulfide) groups is 1. The molecule has 1 atom stereocenters. The molecule has 1 unspecified atom stereocenters. The third-order valence-corrected chi connectivity index (χ3v) is 6.52. The summed E-state index contributed by atoms with van der Waals surface area (Å²) >= 11 is 1.46. The quantitative estimate of drug-likeness (QED) is 0.576. The molecule has 0 saturated carbocycles. The van der Waals surface area contributed by atoms with Crippen LogP contribution < -0.4 is 0 Å². The fraction of sp³-hybridized carbons (Fsp3) is 0.0833. The van der Waals surface area contributed by atoms with Gasteiger partial charge in [0, 0.05) is 4.90 Å². The molecule has 1 aliphatic heterocycles. The SMILES string of the molecule is C=CC(=O)N1CC(c2ccccc2)(c2cccc(F)c2)Sc2ccccc2C1=O. The number of hydrogen-bond acceptors (Lipinski definition) is 3. The summed E-state index contributed by atoms with van der Waals surface area (Å²) in [5.74, 6) is -1.24. The lowest BCUT2D eigenvalue weighted by atomic mass is 9.89. The highest BCUT2D eigenvalue weighted by atomic mass is 32.2. The summed E-state index contributed by atoms with van der Waals surface area (Å²) in [6.45, 7) is 3.61. The van der Waals surface area contributed by atoms with E-state index in [1.165, 1.54) is 28.8 Å². The third kappa shape index (κ3) is 3.38. The number of carbonyl (C=O) groups excluding carboxylic acids is 2. The second kappa shape index (κ2) is 7.68. The predicted octanol–water partition coefficient (Wildman–Crippen LogP) is 5.03. The van der Waals surface area contributed by atoms with Crippen molar-refractivity contribution >= 4 is 23.6 Å². The first kappa shape index (κ1) is 19.2. The first-order valence-electron chi connectivity index (χ1n) is 9.13. The molecule has 2 amide bonds. The Morgan fingerprint density at radius 1 is 1.00 bits per heavy atom. The maximum absolute atomic E-state index is 14.2. The number of rotatable bonds is 3. The van der Waals surface area contributed by atoms with E-state index in [9.17, 15) is 14.0 Å². The lowest BCUT2D eigenvalue weighted by Gasteiger charge is -2.36. The fourth-order valence-corrected chi connectivity index (χ4v) is 5.07. The van der Waals surface area contributed by atoms with Gasteiger partial charge in [-0.1, -0.05) is 61.2 Å². The molecule has 29 heavy (non-hydrogen) atoms. The molecule has 0 bridgehead atoms. The van der Waals surface area contributed by atoms with Crippen LogP contribution in [0.15, 0.2) is 96.4 Å². The summed E-state index contributed by atoms with van der Waals surface area (Å²) in [5, 5.41) is 0.